The molecule has 0 spiro atoms. The number of nitriles is 1. The van der Waals surface area contributed by atoms with Crippen molar-refractivity contribution in [2.75, 3.05) is 11.7 Å². The number of carbonyl (C=O) groups is 1. The van der Waals surface area contributed by atoms with Crippen molar-refractivity contribution in [1.29, 1.82) is 5.26 Å². The molecule has 0 saturated carbocycles. The van der Waals surface area contributed by atoms with Gasteiger partial charge in [0.25, 0.3) is 0 Å². The highest BCUT2D eigenvalue weighted by molar-refractivity contribution is 6.03. The van der Waals surface area contributed by atoms with Crippen LogP contribution in [-0.2, 0) is 4.79 Å². The zero-order chi connectivity index (χ0) is 25.0. The molecule has 3 heterocycles. The molecule has 180 valence electrons. The van der Waals surface area contributed by atoms with E-state index >= 15 is 0 Å². The molecule has 0 saturated heterocycles. The lowest BCUT2D eigenvalue weighted by Gasteiger charge is -2.45. The third-order valence-electron chi connectivity index (χ3n) is 6.98. The van der Waals surface area contributed by atoms with Crippen molar-refractivity contribution in [3.63, 3.8) is 0 Å². The first kappa shape index (κ1) is 22.2. The second kappa shape index (κ2) is 8.13. The van der Waals surface area contributed by atoms with E-state index in [1.807, 2.05) is 52.2 Å². The molecule has 3 aliphatic rings. The van der Waals surface area contributed by atoms with Gasteiger partial charge < -0.3 is 14.0 Å². The molecular formula is C29H24FN3O3. The van der Waals surface area contributed by atoms with Gasteiger partial charge in [0.05, 0.1) is 17.6 Å². The summed E-state index contributed by atoms with van der Waals surface area (Å²) in [4.78, 5) is 15.8. The molecule has 6 rings (SSSR count). The van der Waals surface area contributed by atoms with E-state index in [0.29, 0.717) is 47.0 Å². The van der Waals surface area contributed by atoms with Crippen LogP contribution < -0.4 is 14.4 Å². The Morgan fingerprint density at radius 2 is 1.75 bits per heavy atom. The smallest absolute Gasteiger partial charge is 0.231 e. The first-order chi connectivity index (χ1) is 17.4. The molecule has 2 aliphatic heterocycles. The molecule has 0 unspecified atom stereocenters. The third kappa shape index (κ3) is 3.49. The predicted octanol–water partition coefficient (Wildman–Crippen LogP) is 6.00. The minimum atomic E-state index is -0.572. The SMILES string of the molecule is CC1(C)CC(=O)C2=C(C1)N(c1ccc(F)cc1)C(n1cccc1)=C(C#N)[C@@H]2c1ccc2c(c1)OCO2. The largest absolute Gasteiger partial charge is 0.454 e. The second-order valence-electron chi connectivity index (χ2n) is 10.1. The van der Waals surface area contributed by atoms with Gasteiger partial charge in [0.1, 0.15) is 11.6 Å². The van der Waals surface area contributed by atoms with E-state index in [1.54, 1.807) is 12.1 Å². The number of hydrogen-bond donors (Lipinski definition) is 0. The molecule has 1 aliphatic carbocycles. The quantitative estimate of drug-likeness (QED) is 0.459. The van der Waals surface area contributed by atoms with Crippen molar-refractivity contribution in [2.24, 2.45) is 5.41 Å². The highest BCUT2D eigenvalue weighted by atomic mass is 19.1. The van der Waals surface area contributed by atoms with Crippen molar-refractivity contribution >= 4 is 17.3 Å². The van der Waals surface area contributed by atoms with Crippen molar-refractivity contribution < 1.29 is 18.7 Å². The fraction of sp³-hybridized carbons (Fsp3) is 0.241. The molecular weight excluding hydrogens is 457 g/mol. The lowest BCUT2D eigenvalue weighted by Crippen LogP contribution is -2.40. The number of allylic oxidation sites excluding steroid dienone is 3. The topological polar surface area (TPSA) is 67.5 Å². The Bertz CT molecular complexity index is 1480. The van der Waals surface area contributed by atoms with Gasteiger partial charge in [-0.25, -0.2) is 4.39 Å². The molecule has 0 fully saturated rings. The summed E-state index contributed by atoms with van der Waals surface area (Å²) < 4.78 is 26.9. The van der Waals surface area contributed by atoms with Crippen LogP contribution in [0.3, 0.4) is 0 Å². The van der Waals surface area contributed by atoms with Crippen LogP contribution in [0, 0.1) is 22.6 Å². The zero-order valence-corrected chi connectivity index (χ0v) is 20.0. The van der Waals surface area contributed by atoms with Crippen LogP contribution in [0.4, 0.5) is 10.1 Å². The van der Waals surface area contributed by atoms with Crippen molar-refractivity contribution in [3.05, 3.63) is 95.2 Å². The van der Waals surface area contributed by atoms with Crippen LogP contribution in [0.2, 0.25) is 0 Å². The zero-order valence-electron chi connectivity index (χ0n) is 20.0. The highest BCUT2D eigenvalue weighted by Gasteiger charge is 2.45. The van der Waals surface area contributed by atoms with Crippen LogP contribution in [0.15, 0.2) is 83.8 Å². The number of anilines is 1. The number of Topliss-reactive ketones (excluding diaryl/α,β-unsaturated/α-hetero) is 1. The fourth-order valence-electron chi connectivity index (χ4n) is 5.49. The number of hydrogen-bond acceptors (Lipinski definition) is 5. The van der Waals surface area contributed by atoms with Crippen molar-refractivity contribution in [3.8, 4) is 17.6 Å². The molecule has 7 heteroatoms. The van der Waals surface area contributed by atoms with Gasteiger partial charge in [-0.1, -0.05) is 19.9 Å². The number of rotatable bonds is 3. The maximum Gasteiger partial charge on any atom is 0.231 e. The summed E-state index contributed by atoms with van der Waals surface area (Å²) in [6.45, 7) is 4.29. The van der Waals surface area contributed by atoms with Gasteiger partial charge >= 0.3 is 0 Å². The van der Waals surface area contributed by atoms with Gasteiger partial charge in [0.15, 0.2) is 17.3 Å². The van der Waals surface area contributed by atoms with E-state index in [4.69, 9.17) is 9.47 Å². The van der Waals surface area contributed by atoms with Gasteiger partial charge in [-0.3, -0.25) is 9.69 Å². The van der Waals surface area contributed by atoms with E-state index < -0.39 is 5.92 Å². The molecule has 3 aromatic rings. The van der Waals surface area contributed by atoms with Crippen LogP contribution in [-0.4, -0.2) is 17.1 Å². The average molecular weight is 482 g/mol. The van der Waals surface area contributed by atoms with Gasteiger partial charge in [0.2, 0.25) is 6.79 Å². The first-order valence-electron chi connectivity index (χ1n) is 11.9. The molecule has 0 bridgehead atoms. The number of ketones is 1. The Labute approximate surface area is 208 Å². The van der Waals surface area contributed by atoms with Gasteiger partial charge in [0, 0.05) is 35.8 Å². The maximum absolute atomic E-state index is 13.9. The Morgan fingerprint density at radius 1 is 1.03 bits per heavy atom. The summed E-state index contributed by atoms with van der Waals surface area (Å²) in [7, 11) is 0. The lowest BCUT2D eigenvalue weighted by atomic mass is 9.68. The number of benzene rings is 2. The first-order valence-corrected chi connectivity index (χ1v) is 11.9. The molecule has 1 atom stereocenters. The fourth-order valence-corrected chi connectivity index (χ4v) is 5.49. The Morgan fingerprint density at radius 3 is 2.47 bits per heavy atom. The molecule has 0 N–H and O–H groups in total. The number of nitrogens with zero attached hydrogens (tertiary/aromatic N) is 3. The van der Waals surface area contributed by atoms with Gasteiger partial charge in [-0.2, -0.15) is 5.26 Å². The standard InChI is InChI=1S/C29H24FN3O3/c1-29(2)14-22-27(23(34)15-29)26(18-5-10-24-25(13-18)36-17-35-24)21(16-31)28(32-11-3-4-12-32)33(22)20-8-6-19(30)7-9-20/h3-13,26H,14-15,17H2,1-2H3/t26-/m0/s1. The Kier molecular flexibility index (Phi) is 5.01. The van der Waals surface area contributed by atoms with E-state index in [0.717, 1.165) is 11.3 Å². The molecule has 0 amide bonds. The number of halogens is 1. The molecule has 2 aromatic carbocycles. The monoisotopic (exact) mass is 481 g/mol. The van der Waals surface area contributed by atoms with Crippen LogP contribution in [0.25, 0.3) is 5.82 Å². The normalized spacial score (nSPS) is 20.4. The summed E-state index contributed by atoms with van der Waals surface area (Å²) in [5, 5.41) is 10.6. The van der Waals surface area contributed by atoms with Crippen LogP contribution in [0.5, 0.6) is 11.5 Å². The number of aromatic nitrogens is 1. The minimum Gasteiger partial charge on any atom is -0.454 e. The maximum atomic E-state index is 13.9. The van der Waals surface area contributed by atoms with Crippen LogP contribution >= 0.6 is 0 Å². The summed E-state index contributed by atoms with van der Waals surface area (Å²) in [5.74, 6) is 0.948. The molecule has 36 heavy (non-hydrogen) atoms. The van der Waals surface area contributed by atoms with E-state index in [2.05, 4.69) is 19.9 Å². The Hall–Kier alpha value is -4.31. The summed E-state index contributed by atoms with van der Waals surface area (Å²) in [6, 6.07) is 18.0. The van der Waals surface area contributed by atoms with Crippen LogP contribution in [0.1, 0.15) is 38.2 Å². The van der Waals surface area contributed by atoms with Gasteiger partial charge in [-0.15, -0.1) is 0 Å². The van der Waals surface area contributed by atoms with Crippen molar-refractivity contribution in [2.45, 2.75) is 32.6 Å². The number of fused-ring (bicyclic) bond motifs is 1. The Balaban J connectivity index is 1.66. The number of carbonyl (C=O) groups excluding carboxylic acids is 1. The van der Waals surface area contributed by atoms with E-state index in [9.17, 15) is 14.4 Å². The predicted molar refractivity (Wildman–Crippen MR) is 132 cm³/mol. The average Bonchev–Trinajstić information content (AvgIpc) is 3.54. The summed E-state index contributed by atoms with van der Waals surface area (Å²) in [6.07, 6.45) is 4.75. The highest BCUT2D eigenvalue weighted by Crippen LogP contribution is 2.52. The third-order valence-corrected chi connectivity index (χ3v) is 6.98. The summed E-state index contributed by atoms with van der Waals surface area (Å²) in [5.41, 5.74) is 3.06. The van der Waals surface area contributed by atoms with Gasteiger partial charge in [-0.05, 0) is 65.9 Å². The van der Waals surface area contributed by atoms with E-state index in [-0.39, 0.29) is 23.8 Å². The minimum absolute atomic E-state index is 0.00957. The molecule has 0 radical (unpaired) electrons. The van der Waals surface area contributed by atoms with E-state index in [1.165, 1.54) is 12.1 Å². The molecule has 6 nitrogen and oxygen atoms in total. The number of ether oxygens (including phenoxy) is 2. The lowest BCUT2D eigenvalue weighted by molar-refractivity contribution is -0.118. The van der Waals surface area contributed by atoms with Crippen molar-refractivity contribution in [1.82, 2.24) is 4.57 Å². The second-order valence-corrected chi connectivity index (χ2v) is 10.1. The summed E-state index contributed by atoms with van der Waals surface area (Å²) >= 11 is 0. The molecule has 1 aromatic heterocycles.